The summed E-state index contributed by atoms with van der Waals surface area (Å²) in [5.74, 6) is -12.8. The van der Waals surface area contributed by atoms with Crippen LogP contribution in [0.5, 0.6) is 34.5 Å². The van der Waals surface area contributed by atoms with E-state index < -0.39 is 122 Å². The number of benzene rings is 4. The van der Waals surface area contributed by atoms with Crippen LogP contribution in [0.2, 0.25) is 0 Å². The van der Waals surface area contributed by atoms with E-state index in [0.717, 1.165) is 72.8 Å². The summed E-state index contributed by atoms with van der Waals surface area (Å²) in [5, 5.41) is 0.407. The molecule has 0 aliphatic rings. The van der Waals surface area contributed by atoms with E-state index in [1.165, 1.54) is 12.1 Å². The predicted molar refractivity (Wildman–Crippen MR) is 219 cm³/mol. The molecule has 0 aliphatic carbocycles. The summed E-state index contributed by atoms with van der Waals surface area (Å²) in [7, 11) is 0. The van der Waals surface area contributed by atoms with E-state index in [1.807, 2.05) is 5.32 Å². The van der Waals surface area contributed by atoms with Gasteiger partial charge in [0.2, 0.25) is 0 Å². The van der Waals surface area contributed by atoms with Gasteiger partial charge in [0.1, 0.15) is 45.8 Å². The molecule has 0 saturated carbocycles. The SMILES string of the molecule is NC(=O)c1cc(N)ccc1F.NC(=O)c1cc(NC(=O)c2c(Oc3ccc(OC(F)(F)F)cc3)cnc(C(F)(F)F)c2F)ccc1F.O=C(Cl)c1c(Oc2ccc(OC(F)(F)F)cc2)cnc(C(F)(F)F)c1F.[HH]. The maximum absolute atomic E-state index is 14.8. The van der Waals surface area contributed by atoms with Gasteiger partial charge in [-0.05, 0) is 96.5 Å². The standard InChI is InChI=1S/C21H11F8N3O4.C14H5ClF7NO3.C7H7FN2O.H2/c22-13-6-1-9(7-12(13)18(30)33)32-19(34)15-14(8-31-17(16(15)23)20(24,25)26)35-10-2-4-11(5-3-10)36-21(27,28)29;15-12(24)9-8(5-23-11(10(9)16)13(17,18)19)25-6-1-3-7(4-2-6)26-14(20,21)22;8-6-2-1-4(9)3-5(6)7(10)11;/h1-8H,(H2,30,33)(H,32,34);1-5H;1-3H,9H2,(H2,10,11);1H. The zero-order valence-corrected chi connectivity index (χ0v) is 35.8. The molecule has 2 aromatic heterocycles. The Hall–Kier alpha value is -8.57. The number of anilines is 2. The number of primary amides is 2. The van der Waals surface area contributed by atoms with Crippen molar-refractivity contribution < 1.29 is 110 Å². The van der Waals surface area contributed by atoms with Crippen molar-refractivity contribution in [2.75, 3.05) is 11.1 Å². The molecule has 0 bridgehead atoms. The Morgan fingerprint density at radius 1 is 0.534 bits per heavy atom. The average Bonchev–Trinajstić information content (AvgIpc) is 3.25. The van der Waals surface area contributed by atoms with Crippen LogP contribution in [0.3, 0.4) is 0 Å². The molecule has 31 heteroatoms. The maximum atomic E-state index is 14.8. The minimum absolute atomic E-state index is 0. The molecular formula is C42H25ClF16N6O8. The molecule has 0 unspecified atom stereocenters. The molecule has 6 aromatic rings. The Morgan fingerprint density at radius 2 is 0.904 bits per heavy atom. The summed E-state index contributed by atoms with van der Waals surface area (Å²) < 4.78 is 223. The van der Waals surface area contributed by atoms with Crippen LogP contribution < -0.4 is 41.5 Å². The molecule has 6 rings (SSSR count). The second kappa shape index (κ2) is 22.7. The number of nitrogens with one attached hydrogen (secondary N) is 1. The van der Waals surface area contributed by atoms with Crippen LogP contribution in [0.25, 0.3) is 0 Å². The van der Waals surface area contributed by atoms with Crippen molar-refractivity contribution in [3.63, 3.8) is 0 Å². The van der Waals surface area contributed by atoms with Gasteiger partial charge in [-0.15, -0.1) is 26.3 Å². The first-order valence-corrected chi connectivity index (χ1v) is 19.1. The van der Waals surface area contributed by atoms with Gasteiger partial charge in [-0.1, -0.05) is 0 Å². The number of hydrogen-bond acceptors (Lipinski definition) is 11. The zero-order chi connectivity index (χ0) is 55.0. The topological polar surface area (TPSA) is 221 Å². The number of ether oxygens (including phenoxy) is 4. The summed E-state index contributed by atoms with van der Waals surface area (Å²) in [5.41, 5.74) is 7.73. The Labute approximate surface area is 401 Å². The molecule has 0 aliphatic heterocycles. The molecule has 0 radical (unpaired) electrons. The summed E-state index contributed by atoms with van der Waals surface area (Å²) in [4.78, 5) is 51.5. The third-order valence-electron chi connectivity index (χ3n) is 8.25. The van der Waals surface area contributed by atoms with E-state index in [9.17, 15) is 89.4 Å². The van der Waals surface area contributed by atoms with Crippen molar-refractivity contribution in [2.24, 2.45) is 11.5 Å². The van der Waals surface area contributed by atoms with Crippen LogP contribution in [0, 0.1) is 23.3 Å². The molecule has 0 saturated heterocycles. The van der Waals surface area contributed by atoms with Crippen molar-refractivity contribution >= 4 is 45.9 Å². The molecule has 390 valence electrons. The van der Waals surface area contributed by atoms with Gasteiger partial charge >= 0.3 is 25.1 Å². The second-order valence-corrected chi connectivity index (χ2v) is 13.8. The molecule has 4 aromatic carbocycles. The number of carbonyl (C=O) groups excluding carboxylic acids is 4. The molecule has 2 heterocycles. The Balaban J connectivity index is 0.000000330. The summed E-state index contributed by atoms with van der Waals surface area (Å²) in [6, 6.07) is 13.0. The number of rotatable bonds is 11. The van der Waals surface area contributed by atoms with Crippen LogP contribution in [-0.4, -0.2) is 45.7 Å². The summed E-state index contributed by atoms with van der Waals surface area (Å²) in [6.07, 6.45) is -19.6. The van der Waals surface area contributed by atoms with Crippen LogP contribution in [0.1, 0.15) is 54.2 Å². The van der Waals surface area contributed by atoms with E-state index in [-0.39, 0.29) is 24.2 Å². The minimum atomic E-state index is -5.32. The molecular weight excluding hydrogens is 1060 g/mol. The fourth-order valence-corrected chi connectivity index (χ4v) is 5.45. The fourth-order valence-electron chi connectivity index (χ4n) is 5.28. The normalized spacial score (nSPS) is 11.5. The van der Waals surface area contributed by atoms with Crippen molar-refractivity contribution in [3.05, 3.63) is 154 Å². The fraction of sp³-hybridized carbons (Fsp3) is 0.0952. The van der Waals surface area contributed by atoms with Gasteiger partial charge in [0.05, 0.1) is 23.5 Å². The lowest BCUT2D eigenvalue weighted by Crippen LogP contribution is -2.21. The lowest BCUT2D eigenvalue weighted by atomic mass is 10.1. The molecule has 3 amide bonds. The van der Waals surface area contributed by atoms with Crippen LogP contribution in [0.15, 0.2) is 97.3 Å². The molecule has 7 N–H and O–H groups in total. The molecule has 73 heavy (non-hydrogen) atoms. The number of pyridine rings is 2. The van der Waals surface area contributed by atoms with Crippen LogP contribution >= 0.6 is 11.6 Å². The van der Waals surface area contributed by atoms with Crippen molar-refractivity contribution in [2.45, 2.75) is 25.1 Å². The zero-order valence-electron chi connectivity index (χ0n) is 35.1. The number of hydrogen-bond donors (Lipinski definition) is 4. The number of carbonyl (C=O) groups is 4. The van der Waals surface area contributed by atoms with Gasteiger partial charge in [-0.2, -0.15) is 26.3 Å². The van der Waals surface area contributed by atoms with E-state index in [1.54, 1.807) is 0 Å². The lowest BCUT2D eigenvalue weighted by molar-refractivity contribution is -0.275. The first-order chi connectivity index (χ1) is 33.6. The highest BCUT2D eigenvalue weighted by Gasteiger charge is 2.41. The Kier molecular flexibility index (Phi) is 17.7. The highest BCUT2D eigenvalue weighted by Crippen LogP contribution is 2.38. The van der Waals surface area contributed by atoms with E-state index in [4.69, 9.17) is 38.3 Å². The summed E-state index contributed by atoms with van der Waals surface area (Å²) in [6.45, 7) is 0. The molecule has 0 spiro atoms. The number of alkyl halides is 12. The van der Waals surface area contributed by atoms with Gasteiger partial charge in [-0.3, -0.25) is 19.2 Å². The average molecular weight is 1080 g/mol. The largest absolute Gasteiger partial charge is 0.573 e. The lowest BCUT2D eigenvalue weighted by Gasteiger charge is -2.16. The maximum Gasteiger partial charge on any atom is 0.573 e. The summed E-state index contributed by atoms with van der Waals surface area (Å²) >= 11 is 5.10. The molecule has 0 atom stereocenters. The smallest absolute Gasteiger partial charge is 0.455 e. The third kappa shape index (κ3) is 16.2. The molecule has 0 fully saturated rings. The van der Waals surface area contributed by atoms with Gasteiger partial charge in [0.25, 0.3) is 23.0 Å². The number of nitrogens with two attached hydrogens (primary N) is 3. The minimum Gasteiger partial charge on any atom is -0.455 e. The Morgan fingerprint density at radius 3 is 1.27 bits per heavy atom. The van der Waals surface area contributed by atoms with Crippen molar-refractivity contribution in [1.29, 1.82) is 0 Å². The highest BCUT2D eigenvalue weighted by atomic mass is 35.5. The third-order valence-corrected chi connectivity index (χ3v) is 8.43. The van der Waals surface area contributed by atoms with Gasteiger partial charge in [-0.25, -0.2) is 27.5 Å². The highest BCUT2D eigenvalue weighted by molar-refractivity contribution is 6.68. The van der Waals surface area contributed by atoms with Crippen molar-refractivity contribution in [3.8, 4) is 34.5 Å². The monoisotopic (exact) mass is 1080 g/mol. The van der Waals surface area contributed by atoms with E-state index >= 15 is 0 Å². The number of nitrogen functional groups attached to an aromatic ring is 1. The van der Waals surface area contributed by atoms with Crippen LogP contribution in [0.4, 0.5) is 81.6 Å². The van der Waals surface area contributed by atoms with E-state index in [2.05, 4.69) is 19.4 Å². The number of halogens is 17. The number of amides is 3. The van der Waals surface area contributed by atoms with Gasteiger partial charge in [0.15, 0.2) is 34.5 Å². The quantitative estimate of drug-likeness (QED) is 0.0543. The molecule has 14 nitrogen and oxygen atoms in total. The van der Waals surface area contributed by atoms with Crippen molar-refractivity contribution in [1.82, 2.24) is 9.97 Å². The van der Waals surface area contributed by atoms with Gasteiger partial charge in [0, 0.05) is 12.8 Å². The van der Waals surface area contributed by atoms with Gasteiger partial charge < -0.3 is 41.5 Å². The number of aromatic nitrogens is 2. The number of nitrogens with zero attached hydrogens (tertiary/aromatic N) is 2. The Bertz CT molecular complexity index is 3020. The predicted octanol–water partition coefficient (Wildman–Crippen LogP) is 11.5. The van der Waals surface area contributed by atoms with E-state index in [0.29, 0.717) is 18.1 Å². The second-order valence-electron chi connectivity index (χ2n) is 13.4. The van der Waals surface area contributed by atoms with Crippen LogP contribution in [-0.2, 0) is 12.4 Å². The first-order valence-electron chi connectivity index (χ1n) is 18.7. The first kappa shape index (κ1) is 57.0.